The fourth-order valence-corrected chi connectivity index (χ4v) is 2.30. The molecular weight excluding hydrogens is 226 g/mol. The lowest BCUT2D eigenvalue weighted by atomic mass is 10.1. The second-order valence-corrected chi connectivity index (χ2v) is 4.76. The smallest absolute Gasteiger partial charge is 0.253 e. The summed E-state index contributed by atoms with van der Waals surface area (Å²) in [5.74, 6) is 0.117. The van der Waals surface area contributed by atoms with E-state index in [1.807, 2.05) is 4.90 Å². The lowest BCUT2D eigenvalue weighted by Gasteiger charge is -2.34. The van der Waals surface area contributed by atoms with Crippen molar-refractivity contribution in [3.8, 4) is 0 Å². The molecule has 1 aliphatic rings. The lowest BCUT2D eigenvalue weighted by molar-refractivity contribution is 0.0637. The number of hydrogen-bond donors (Lipinski definition) is 1. The van der Waals surface area contributed by atoms with Crippen LogP contribution in [0.1, 0.15) is 23.7 Å². The molecule has 1 saturated heterocycles. The SMILES string of the molecule is CCCN1CCN(C(=O)c2ccc(N)cc2)CC1. The molecule has 1 aromatic carbocycles. The van der Waals surface area contributed by atoms with E-state index in [4.69, 9.17) is 5.73 Å². The van der Waals surface area contributed by atoms with Crippen molar-refractivity contribution >= 4 is 11.6 Å². The number of benzene rings is 1. The Balaban J connectivity index is 1.93. The Hall–Kier alpha value is -1.55. The van der Waals surface area contributed by atoms with Crippen molar-refractivity contribution in [2.45, 2.75) is 13.3 Å². The van der Waals surface area contributed by atoms with Crippen molar-refractivity contribution in [2.75, 3.05) is 38.5 Å². The van der Waals surface area contributed by atoms with E-state index in [2.05, 4.69) is 11.8 Å². The van der Waals surface area contributed by atoms with Crippen molar-refractivity contribution in [1.29, 1.82) is 0 Å². The predicted octanol–water partition coefficient (Wildman–Crippen LogP) is 1.44. The fourth-order valence-electron chi connectivity index (χ4n) is 2.30. The number of piperazine rings is 1. The van der Waals surface area contributed by atoms with Gasteiger partial charge in [-0.3, -0.25) is 9.69 Å². The first kappa shape index (κ1) is 12.9. The second kappa shape index (κ2) is 5.87. The number of amides is 1. The first-order valence-electron chi connectivity index (χ1n) is 6.58. The Morgan fingerprint density at radius 1 is 1.17 bits per heavy atom. The molecule has 18 heavy (non-hydrogen) atoms. The van der Waals surface area contributed by atoms with E-state index >= 15 is 0 Å². The zero-order valence-electron chi connectivity index (χ0n) is 10.9. The molecular formula is C14H21N3O. The molecule has 1 aliphatic heterocycles. The highest BCUT2D eigenvalue weighted by molar-refractivity contribution is 5.94. The minimum atomic E-state index is 0.117. The number of nitrogen functional groups attached to an aromatic ring is 1. The van der Waals surface area contributed by atoms with Crippen molar-refractivity contribution in [2.24, 2.45) is 0 Å². The third-order valence-corrected chi connectivity index (χ3v) is 3.36. The van der Waals surface area contributed by atoms with Gasteiger partial charge in [0, 0.05) is 37.4 Å². The van der Waals surface area contributed by atoms with Crippen molar-refractivity contribution in [1.82, 2.24) is 9.80 Å². The first-order chi connectivity index (χ1) is 8.70. The molecule has 0 aliphatic carbocycles. The molecule has 0 saturated carbocycles. The summed E-state index contributed by atoms with van der Waals surface area (Å²) in [6, 6.07) is 7.16. The number of carbonyl (C=O) groups excluding carboxylic acids is 1. The predicted molar refractivity (Wildman–Crippen MR) is 73.5 cm³/mol. The van der Waals surface area contributed by atoms with Gasteiger partial charge in [0.25, 0.3) is 5.91 Å². The maximum absolute atomic E-state index is 12.2. The minimum absolute atomic E-state index is 0.117. The van der Waals surface area contributed by atoms with Crippen LogP contribution in [-0.2, 0) is 0 Å². The average Bonchev–Trinajstić information content (AvgIpc) is 2.40. The van der Waals surface area contributed by atoms with Gasteiger partial charge in [0.05, 0.1) is 0 Å². The van der Waals surface area contributed by atoms with E-state index in [0.717, 1.165) is 38.3 Å². The van der Waals surface area contributed by atoms with Crippen LogP contribution in [0.25, 0.3) is 0 Å². The van der Waals surface area contributed by atoms with Crippen LogP contribution in [0.2, 0.25) is 0 Å². The van der Waals surface area contributed by atoms with Gasteiger partial charge < -0.3 is 10.6 Å². The Morgan fingerprint density at radius 3 is 2.33 bits per heavy atom. The van der Waals surface area contributed by atoms with E-state index < -0.39 is 0 Å². The van der Waals surface area contributed by atoms with Gasteiger partial charge in [-0.15, -0.1) is 0 Å². The van der Waals surface area contributed by atoms with E-state index in [1.165, 1.54) is 6.42 Å². The van der Waals surface area contributed by atoms with E-state index in [0.29, 0.717) is 5.69 Å². The molecule has 2 N–H and O–H groups in total. The summed E-state index contributed by atoms with van der Waals surface area (Å²) in [5, 5.41) is 0. The van der Waals surface area contributed by atoms with Crippen molar-refractivity contribution in [3.63, 3.8) is 0 Å². The monoisotopic (exact) mass is 247 g/mol. The maximum atomic E-state index is 12.2. The zero-order chi connectivity index (χ0) is 13.0. The van der Waals surface area contributed by atoms with Crippen LogP contribution in [0, 0.1) is 0 Å². The number of hydrogen-bond acceptors (Lipinski definition) is 3. The second-order valence-electron chi connectivity index (χ2n) is 4.76. The summed E-state index contributed by atoms with van der Waals surface area (Å²) in [6.45, 7) is 6.92. The topological polar surface area (TPSA) is 49.6 Å². The Morgan fingerprint density at radius 2 is 1.78 bits per heavy atom. The highest BCUT2D eigenvalue weighted by atomic mass is 16.2. The molecule has 1 amide bonds. The summed E-state index contributed by atoms with van der Waals surface area (Å²) in [7, 11) is 0. The van der Waals surface area contributed by atoms with E-state index in [9.17, 15) is 4.79 Å². The van der Waals surface area contributed by atoms with Gasteiger partial charge in [-0.2, -0.15) is 0 Å². The Labute approximate surface area is 108 Å². The fraction of sp³-hybridized carbons (Fsp3) is 0.500. The van der Waals surface area contributed by atoms with Gasteiger partial charge in [-0.25, -0.2) is 0 Å². The molecule has 0 bridgehead atoms. The number of nitrogens with zero attached hydrogens (tertiary/aromatic N) is 2. The maximum Gasteiger partial charge on any atom is 0.253 e. The summed E-state index contributed by atoms with van der Waals surface area (Å²) >= 11 is 0. The largest absolute Gasteiger partial charge is 0.399 e. The molecule has 1 aromatic rings. The van der Waals surface area contributed by atoms with Crippen LogP contribution in [0.15, 0.2) is 24.3 Å². The van der Waals surface area contributed by atoms with E-state index in [-0.39, 0.29) is 5.91 Å². The Bertz CT molecular complexity index is 394. The van der Waals surface area contributed by atoms with Gasteiger partial charge in [0.15, 0.2) is 0 Å². The van der Waals surface area contributed by atoms with Crippen molar-refractivity contribution in [3.05, 3.63) is 29.8 Å². The van der Waals surface area contributed by atoms with Gasteiger partial charge >= 0.3 is 0 Å². The molecule has 98 valence electrons. The summed E-state index contributed by atoms with van der Waals surface area (Å²) in [4.78, 5) is 16.6. The van der Waals surface area contributed by atoms with Gasteiger partial charge in [0.1, 0.15) is 0 Å². The molecule has 2 rings (SSSR count). The molecule has 0 spiro atoms. The van der Waals surface area contributed by atoms with Gasteiger partial charge in [0.2, 0.25) is 0 Å². The van der Waals surface area contributed by atoms with E-state index in [1.54, 1.807) is 24.3 Å². The highest BCUT2D eigenvalue weighted by Gasteiger charge is 2.21. The summed E-state index contributed by atoms with van der Waals surface area (Å²) in [6.07, 6.45) is 1.17. The third-order valence-electron chi connectivity index (χ3n) is 3.36. The zero-order valence-corrected chi connectivity index (χ0v) is 10.9. The van der Waals surface area contributed by atoms with Crippen LogP contribution >= 0.6 is 0 Å². The quantitative estimate of drug-likeness (QED) is 0.822. The Kier molecular flexibility index (Phi) is 4.20. The lowest BCUT2D eigenvalue weighted by Crippen LogP contribution is -2.48. The number of carbonyl (C=O) groups is 1. The molecule has 1 heterocycles. The number of nitrogens with two attached hydrogens (primary N) is 1. The van der Waals surface area contributed by atoms with Crippen LogP contribution in [0.4, 0.5) is 5.69 Å². The highest BCUT2D eigenvalue weighted by Crippen LogP contribution is 2.11. The normalized spacial score (nSPS) is 16.8. The summed E-state index contributed by atoms with van der Waals surface area (Å²) in [5.41, 5.74) is 7.05. The van der Waals surface area contributed by atoms with Crippen LogP contribution in [0.3, 0.4) is 0 Å². The molecule has 1 fully saturated rings. The average molecular weight is 247 g/mol. The number of rotatable bonds is 3. The van der Waals surface area contributed by atoms with Crippen LogP contribution < -0.4 is 5.73 Å². The molecule has 4 nitrogen and oxygen atoms in total. The van der Waals surface area contributed by atoms with Crippen LogP contribution in [0.5, 0.6) is 0 Å². The van der Waals surface area contributed by atoms with Crippen molar-refractivity contribution < 1.29 is 4.79 Å². The molecule has 0 aromatic heterocycles. The molecule has 0 radical (unpaired) electrons. The van der Waals surface area contributed by atoms with Gasteiger partial charge in [-0.05, 0) is 37.2 Å². The minimum Gasteiger partial charge on any atom is -0.399 e. The standard InChI is InChI=1S/C14H21N3O/c1-2-7-16-8-10-17(11-9-16)14(18)12-3-5-13(15)6-4-12/h3-6H,2,7-11,15H2,1H3. The molecule has 0 atom stereocenters. The van der Waals surface area contributed by atoms with Crippen LogP contribution in [-0.4, -0.2) is 48.4 Å². The first-order valence-corrected chi connectivity index (χ1v) is 6.58. The van der Waals surface area contributed by atoms with Gasteiger partial charge in [-0.1, -0.05) is 6.92 Å². The summed E-state index contributed by atoms with van der Waals surface area (Å²) < 4.78 is 0. The molecule has 0 unspecified atom stereocenters. The molecule has 4 heteroatoms. The number of anilines is 1. The third kappa shape index (κ3) is 3.01.